The molecule has 0 aromatic heterocycles. The van der Waals surface area contributed by atoms with Gasteiger partial charge in [0.2, 0.25) is 18.4 Å². The van der Waals surface area contributed by atoms with E-state index in [1.54, 1.807) is 23.1 Å². The SMILES string of the molecule is NC(=O)C1(F)CCN(CC(=O)Nc2ccc3c(c2)OCO3)C1. The van der Waals surface area contributed by atoms with E-state index in [4.69, 9.17) is 15.2 Å². The Labute approximate surface area is 126 Å². The van der Waals surface area contributed by atoms with E-state index in [0.29, 0.717) is 23.7 Å². The Morgan fingerprint density at radius 1 is 1.36 bits per heavy atom. The van der Waals surface area contributed by atoms with Crippen LogP contribution < -0.4 is 20.5 Å². The van der Waals surface area contributed by atoms with Gasteiger partial charge in [0, 0.05) is 31.3 Å². The van der Waals surface area contributed by atoms with Crippen molar-refractivity contribution in [3.05, 3.63) is 18.2 Å². The number of carbonyl (C=O) groups is 2. The molecule has 1 unspecified atom stereocenters. The summed E-state index contributed by atoms with van der Waals surface area (Å²) in [5.74, 6) is -0.0875. The van der Waals surface area contributed by atoms with Gasteiger partial charge in [-0.05, 0) is 12.1 Å². The zero-order valence-electron chi connectivity index (χ0n) is 11.8. The standard InChI is InChI=1S/C14H16FN3O4/c15-14(13(16)20)3-4-18(7-14)6-12(19)17-9-1-2-10-11(5-9)22-8-21-10/h1-2,5H,3-4,6-8H2,(H2,16,20)(H,17,19). The predicted octanol–water partition coefficient (Wildman–Crippen LogP) is 0.253. The maximum Gasteiger partial charge on any atom is 0.256 e. The number of halogens is 1. The minimum atomic E-state index is -2.04. The third-order valence-electron chi connectivity index (χ3n) is 3.76. The van der Waals surface area contributed by atoms with Crippen LogP contribution in [0, 0.1) is 0 Å². The molecule has 22 heavy (non-hydrogen) atoms. The Morgan fingerprint density at radius 2 is 2.14 bits per heavy atom. The number of fused-ring (bicyclic) bond motifs is 1. The molecule has 2 amide bonds. The van der Waals surface area contributed by atoms with Crippen molar-refractivity contribution in [1.82, 2.24) is 4.90 Å². The van der Waals surface area contributed by atoms with Crippen LogP contribution in [0.4, 0.5) is 10.1 Å². The van der Waals surface area contributed by atoms with Crippen LogP contribution in [0.2, 0.25) is 0 Å². The average Bonchev–Trinajstić information content (AvgIpc) is 3.05. The summed E-state index contributed by atoms with van der Waals surface area (Å²) < 4.78 is 24.4. The molecule has 0 spiro atoms. The summed E-state index contributed by atoms with van der Waals surface area (Å²) in [6.45, 7) is 0.310. The molecule has 118 valence electrons. The monoisotopic (exact) mass is 309 g/mol. The number of nitrogens with zero attached hydrogens (tertiary/aromatic N) is 1. The van der Waals surface area contributed by atoms with E-state index in [9.17, 15) is 14.0 Å². The van der Waals surface area contributed by atoms with Crippen LogP contribution >= 0.6 is 0 Å². The molecule has 0 aliphatic carbocycles. The quantitative estimate of drug-likeness (QED) is 0.831. The maximum atomic E-state index is 14.0. The number of carbonyl (C=O) groups excluding carboxylic acids is 2. The minimum absolute atomic E-state index is 0.00656. The molecule has 8 heteroatoms. The van der Waals surface area contributed by atoms with E-state index in [1.807, 2.05) is 0 Å². The number of likely N-dealkylation sites (tertiary alicyclic amines) is 1. The lowest BCUT2D eigenvalue weighted by Crippen LogP contribution is -2.43. The highest BCUT2D eigenvalue weighted by Crippen LogP contribution is 2.34. The number of nitrogens with one attached hydrogen (secondary N) is 1. The minimum Gasteiger partial charge on any atom is -0.454 e. The molecule has 1 atom stereocenters. The second kappa shape index (κ2) is 5.45. The zero-order chi connectivity index (χ0) is 15.7. The number of anilines is 1. The number of hydrogen-bond donors (Lipinski definition) is 2. The molecule has 2 aliphatic heterocycles. The van der Waals surface area contributed by atoms with Crippen molar-refractivity contribution in [2.24, 2.45) is 5.73 Å². The Hall–Kier alpha value is -2.35. The van der Waals surface area contributed by atoms with Gasteiger partial charge in [0.1, 0.15) is 0 Å². The van der Waals surface area contributed by atoms with Gasteiger partial charge in [-0.15, -0.1) is 0 Å². The first kappa shape index (κ1) is 14.6. The molecule has 7 nitrogen and oxygen atoms in total. The Kier molecular flexibility index (Phi) is 3.61. The number of rotatable bonds is 4. The van der Waals surface area contributed by atoms with Gasteiger partial charge < -0.3 is 20.5 Å². The van der Waals surface area contributed by atoms with Crippen LogP contribution in [0.5, 0.6) is 11.5 Å². The summed E-state index contributed by atoms with van der Waals surface area (Å²) in [7, 11) is 0. The lowest BCUT2D eigenvalue weighted by Gasteiger charge is -2.17. The molecule has 1 fully saturated rings. The van der Waals surface area contributed by atoms with Crippen molar-refractivity contribution in [3.8, 4) is 11.5 Å². The van der Waals surface area contributed by atoms with E-state index in [0.717, 1.165) is 0 Å². The molecule has 3 rings (SSSR count). The van der Waals surface area contributed by atoms with Crippen molar-refractivity contribution < 1.29 is 23.5 Å². The van der Waals surface area contributed by atoms with E-state index < -0.39 is 11.6 Å². The smallest absolute Gasteiger partial charge is 0.256 e. The Morgan fingerprint density at radius 3 is 2.86 bits per heavy atom. The number of benzene rings is 1. The van der Waals surface area contributed by atoms with Crippen molar-refractivity contribution in [3.63, 3.8) is 0 Å². The number of hydrogen-bond acceptors (Lipinski definition) is 5. The van der Waals surface area contributed by atoms with E-state index in [2.05, 4.69) is 5.32 Å². The molecule has 0 bridgehead atoms. The predicted molar refractivity (Wildman–Crippen MR) is 75.3 cm³/mol. The molecule has 2 aliphatic rings. The fourth-order valence-electron chi connectivity index (χ4n) is 2.56. The lowest BCUT2D eigenvalue weighted by molar-refractivity contribution is -0.129. The summed E-state index contributed by atoms with van der Waals surface area (Å²) in [5.41, 5.74) is 3.56. The van der Waals surface area contributed by atoms with E-state index >= 15 is 0 Å². The number of ether oxygens (including phenoxy) is 2. The average molecular weight is 309 g/mol. The second-order valence-corrected chi connectivity index (χ2v) is 5.41. The van der Waals surface area contributed by atoms with Crippen LogP contribution in [-0.4, -0.2) is 48.8 Å². The normalized spacial score (nSPS) is 23.5. The fourth-order valence-corrected chi connectivity index (χ4v) is 2.56. The first-order valence-electron chi connectivity index (χ1n) is 6.87. The third kappa shape index (κ3) is 2.82. The summed E-state index contributed by atoms with van der Waals surface area (Å²) in [6.07, 6.45) is 0.0135. The van der Waals surface area contributed by atoms with Gasteiger partial charge in [0.15, 0.2) is 11.5 Å². The van der Waals surface area contributed by atoms with Gasteiger partial charge in [-0.1, -0.05) is 0 Å². The number of nitrogens with two attached hydrogens (primary N) is 1. The van der Waals surface area contributed by atoms with Crippen molar-refractivity contribution >= 4 is 17.5 Å². The molecule has 0 radical (unpaired) electrons. The summed E-state index contributed by atoms with van der Waals surface area (Å²) in [4.78, 5) is 24.6. The van der Waals surface area contributed by atoms with E-state index in [-0.39, 0.29) is 32.2 Å². The molecule has 1 aromatic rings. The number of alkyl halides is 1. The Balaban J connectivity index is 1.56. The second-order valence-electron chi connectivity index (χ2n) is 5.41. The van der Waals surface area contributed by atoms with Crippen LogP contribution in [0.25, 0.3) is 0 Å². The summed E-state index contributed by atoms with van der Waals surface area (Å²) in [5, 5.41) is 2.70. The zero-order valence-corrected chi connectivity index (χ0v) is 11.8. The fraction of sp³-hybridized carbons (Fsp3) is 0.429. The molecular formula is C14H16FN3O4. The summed E-state index contributed by atoms with van der Waals surface area (Å²) >= 11 is 0. The lowest BCUT2D eigenvalue weighted by atomic mass is 10.1. The Bertz CT molecular complexity index is 624. The van der Waals surface area contributed by atoms with Crippen molar-refractivity contribution in [2.75, 3.05) is 31.7 Å². The maximum absolute atomic E-state index is 14.0. The topological polar surface area (TPSA) is 93.9 Å². The van der Waals surface area contributed by atoms with Gasteiger partial charge in [0.25, 0.3) is 5.91 Å². The molecule has 3 N–H and O–H groups in total. The molecule has 2 heterocycles. The van der Waals surface area contributed by atoms with E-state index in [1.165, 1.54) is 0 Å². The summed E-state index contributed by atoms with van der Waals surface area (Å²) in [6, 6.07) is 5.05. The molecular weight excluding hydrogens is 293 g/mol. The van der Waals surface area contributed by atoms with Crippen molar-refractivity contribution in [2.45, 2.75) is 12.1 Å². The van der Waals surface area contributed by atoms with Crippen LogP contribution in [0.3, 0.4) is 0 Å². The number of primary amides is 1. The number of amides is 2. The third-order valence-corrected chi connectivity index (χ3v) is 3.76. The van der Waals surface area contributed by atoms with Gasteiger partial charge in [-0.2, -0.15) is 0 Å². The van der Waals surface area contributed by atoms with Crippen LogP contribution in [0.15, 0.2) is 18.2 Å². The van der Waals surface area contributed by atoms with Gasteiger partial charge >= 0.3 is 0 Å². The molecule has 0 saturated carbocycles. The molecule has 1 aromatic carbocycles. The highest BCUT2D eigenvalue weighted by Gasteiger charge is 2.43. The largest absolute Gasteiger partial charge is 0.454 e. The van der Waals surface area contributed by atoms with Gasteiger partial charge in [-0.25, -0.2) is 4.39 Å². The first-order chi connectivity index (χ1) is 10.5. The van der Waals surface area contributed by atoms with Crippen molar-refractivity contribution in [1.29, 1.82) is 0 Å². The highest BCUT2D eigenvalue weighted by molar-refractivity contribution is 5.93. The van der Waals surface area contributed by atoms with Gasteiger partial charge in [-0.3, -0.25) is 14.5 Å². The molecule has 1 saturated heterocycles. The van der Waals surface area contributed by atoms with Crippen LogP contribution in [0.1, 0.15) is 6.42 Å². The van der Waals surface area contributed by atoms with Gasteiger partial charge in [0.05, 0.1) is 6.54 Å². The van der Waals surface area contributed by atoms with Crippen LogP contribution in [-0.2, 0) is 9.59 Å². The highest BCUT2D eigenvalue weighted by atomic mass is 19.1. The first-order valence-corrected chi connectivity index (χ1v) is 6.87.